The van der Waals surface area contributed by atoms with Crippen molar-refractivity contribution in [3.05, 3.63) is 47.5 Å². The molecule has 162 valence electrons. The summed E-state index contributed by atoms with van der Waals surface area (Å²) in [5.74, 6) is -1.65. The van der Waals surface area contributed by atoms with E-state index in [9.17, 15) is 18.4 Å². The van der Waals surface area contributed by atoms with E-state index >= 15 is 0 Å². The largest absolute Gasteiger partial charge is 0.493 e. The Balaban J connectivity index is 2.12. The number of hydrogen-bond donors (Lipinski definition) is 1. The van der Waals surface area contributed by atoms with Crippen LogP contribution < -0.4 is 19.5 Å². The highest BCUT2D eigenvalue weighted by molar-refractivity contribution is 5.95. The van der Waals surface area contributed by atoms with Crippen LogP contribution in [0.25, 0.3) is 0 Å². The second-order valence-corrected chi connectivity index (χ2v) is 6.26. The predicted octanol–water partition coefficient (Wildman–Crippen LogP) is 3.02. The van der Waals surface area contributed by atoms with Gasteiger partial charge in [0.15, 0.2) is 11.5 Å². The van der Waals surface area contributed by atoms with Gasteiger partial charge in [0.05, 0.1) is 34.3 Å². The SMILES string of the molecule is CCN(CC(=O)Nc1c(F)cccc1F)C(=O)Cc1cc(OC)c(OC)c(OC)c1. The van der Waals surface area contributed by atoms with Gasteiger partial charge in [-0.1, -0.05) is 6.07 Å². The number of methoxy groups -OCH3 is 3. The van der Waals surface area contributed by atoms with E-state index in [-0.39, 0.29) is 25.4 Å². The van der Waals surface area contributed by atoms with Gasteiger partial charge in [-0.3, -0.25) is 9.59 Å². The number of amides is 2. The van der Waals surface area contributed by atoms with Crippen LogP contribution >= 0.6 is 0 Å². The van der Waals surface area contributed by atoms with Crippen molar-refractivity contribution >= 4 is 17.5 Å². The molecule has 0 spiro atoms. The van der Waals surface area contributed by atoms with Gasteiger partial charge < -0.3 is 24.4 Å². The first-order valence-corrected chi connectivity index (χ1v) is 9.15. The molecule has 0 bridgehead atoms. The minimum absolute atomic E-state index is 0.0358. The Morgan fingerprint density at radius 3 is 2.03 bits per heavy atom. The normalized spacial score (nSPS) is 10.3. The molecule has 0 atom stereocenters. The van der Waals surface area contributed by atoms with Gasteiger partial charge >= 0.3 is 0 Å². The van der Waals surface area contributed by atoms with Crippen molar-refractivity contribution in [3.8, 4) is 17.2 Å². The molecule has 0 saturated heterocycles. The molecule has 0 aliphatic carbocycles. The highest BCUT2D eigenvalue weighted by atomic mass is 19.1. The molecule has 1 N–H and O–H groups in total. The molecule has 2 rings (SSSR count). The van der Waals surface area contributed by atoms with E-state index in [1.165, 1.54) is 32.3 Å². The lowest BCUT2D eigenvalue weighted by Gasteiger charge is -2.21. The highest BCUT2D eigenvalue weighted by Gasteiger charge is 2.20. The smallest absolute Gasteiger partial charge is 0.244 e. The summed E-state index contributed by atoms with van der Waals surface area (Å²) in [4.78, 5) is 26.2. The third-order valence-corrected chi connectivity index (χ3v) is 4.38. The fourth-order valence-electron chi connectivity index (χ4n) is 2.87. The maximum absolute atomic E-state index is 13.7. The van der Waals surface area contributed by atoms with Crippen LogP contribution in [0, 0.1) is 11.6 Å². The van der Waals surface area contributed by atoms with Gasteiger partial charge in [0, 0.05) is 6.54 Å². The van der Waals surface area contributed by atoms with Gasteiger partial charge in [-0.25, -0.2) is 8.78 Å². The van der Waals surface area contributed by atoms with E-state index in [1.807, 2.05) is 0 Å². The Labute approximate surface area is 173 Å². The molecule has 2 aromatic carbocycles. The molecule has 0 aliphatic rings. The van der Waals surface area contributed by atoms with Crippen LogP contribution in [0.2, 0.25) is 0 Å². The van der Waals surface area contributed by atoms with Gasteiger partial charge in [-0.15, -0.1) is 0 Å². The molecule has 30 heavy (non-hydrogen) atoms. The second-order valence-electron chi connectivity index (χ2n) is 6.26. The number of anilines is 1. The summed E-state index contributed by atoms with van der Waals surface area (Å²) < 4.78 is 43.2. The number of nitrogens with one attached hydrogen (secondary N) is 1. The number of halogens is 2. The molecule has 2 aromatic rings. The van der Waals surface area contributed by atoms with Gasteiger partial charge in [-0.2, -0.15) is 0 Å². The monoisotopic (exact) mass is 422 g/mol. The molecule has 7 nitrogen and oxygen atoms in total. The lowest BCUT2D eigenvalue weighted by Crippen LogP contribution is -2.38. The van der Waals surface area contributed by atoms with Crippen molar-refractivity contribution < 1.29 is 32.6 Å². The topological polar surface area (TPSA) is 77.1 Å². The van der Waals surface area contributed by atoms with Crippen LogP contribution in [0.3, 0.4) is 0 Å². The highest BCUT2D eigenvalue weighted by Crippen LogP contribution is 2.38. The average Bonchev–Trinajstić information content (AvgIpc) is 2.73. The second kappa shape index (κ2) is 10.4. The summed E-state index contributed by atoms with van der Waals surface area (Å²) in [6.45, 7) is 1.58. The Morgan fingerprint density at radius 2 is 1.57 bits per heavy atom. The number of carbonyl (C=O) groups is 2. The van der Waals surface area contributed by atoms with Gasteiger partial charge in [0.2, 0.25) is 17.6 Å². The summed E-state index contributed by atoms with van der Waals surface area (Å²) in [5.41, 5.74) is 0.0455. The molecule has 9 heteroatoms. The predicted molar refractivity (Wildman–Crippen MR) is 107 cm³/mol. The van der Waals surface area contributed by atoms with Crippen LogP contribution in [0.1, 0.15) is 12.5 Å². The first-order chi connectivity index (χ1) is 14.3. The first-order valence-electron chi connectivity index (χ1n) is 9.15. The Hall–Kier alpha value is -3.36. The van der Waals surface area contributed by atoms with Crippen molar-refractivity contribution in [3.63, 3.8) is 0 Å². The third-order valence-electron chi connectivity index (χ3n) is 4.38. The van der Waals surface area contributed by atoms with Crippen molar-refractivity contribution in [1.82, 2.24) is 4.90 Å². The maximum Gasteiger partial charge on any atom is 0.244 e. The van der Waals surface area contributed by atoms with Gasteiger partial charge in [0.1, 0.15) is 17.3 Å². The third kappa shape index (κ3) is 5.37. The van der Waals surface area contributed by atoms with Crippen molar-refractivity contribution in [2.75, 3.05) is 39.7 Å². The lowest BCUT2D eigenvalue weighted by molar-refractivity contribution is -0.133. The Bertz CT molecular complexity index is 875. The van der Waals surface area contributed by atoms with E-state index in [1.54, 1.807) is 19.1 Å². The first kappa shape index (κ1) is 22.9. The maximum atomic E-state index is 13.7. The molecule has 0 unspecified atom stereocenters. The van der Waals surface area contributed by atoms with Gasteiger partial charge in [-0.05, 0) is 36.8 Å². The summed E-state index contributed by atoms with van der Waals surface area (Å²) in [6.07, 6.45) is -0.0358. The molecule has 0 heterocycles. The van der Waals surface area contributed by atoms with Crippen LogP contribution in [0.4, 0.5) is 14.5 Å². The number of rotatable bonds is 9. The van der Waals surface area contributed by atoms with Crippen LogP contribution in [0.5, 0.6) is 17.2 Å². The zero-order valence-corrected chi connectivity index (χ0v) is 17.3. The van der Waals surface area contributed by atoms with Crippen molar-refractivity contribution in [1.29, 1.82) is 0 Å². The standard InChI is InChI=1S/C21H24F2N2O5/c1-5-25(12-18(26)24-20-14(22)7-6-8-15(20)23)19(27)11-13-9-16(28-2)21(30-4)17(10-13)29-3/h6-10H,5,11-12H2,1-4H3,(H,24,26). The number of benzene rings is 2. The minimum Gasteiger partial charge on any atom is -0.493 e. The summed E-state index contributed by atoms with van der Waals surface area (Å²) in [5, 5.41) is 2.17. The van der Waals surface area contributed by atoms with E-state index in [0.717, 1.165) is 12.1 Å². The van der Waals surface area contributed by atoms with E-state index in [0.29, 0.717) is 22.8 Å². The van der Waals surface area contributed by atoms with Gasteiger partial charge in [0.25, 0.3) is 0 Å². The molecule has 0 aromatic heterocycles. The molecule has 0 radical (unpaired) electrons. The quantitative estimate of drug-likeness (QED) is 0.672. The molecule has 0 saturated carbocycles. The molecule has 0 fully saturated rings. The lowest BCUT2D eigenvalue weighted by atomic mass is 10.1. The number of likely N-dealkylation sites (N-methyl/N-ethyl adjacent to an activating group) is 1. The van der Waals surface area contributed by atoms with Crippen LogP contribution in [-0.4, -0.2) is 51.1 Å². The molecular weight excluding hydrogens is 398 g/mol. The van der Waals surface area contributed by atoms with Crippen LogP contribution in [-0.2, 0) is 16.0 Å². The number of para-hydroxylation sites is 1. The number of carbonyl (C=O) groups excluding carboxylic acids is 2. The Kier molecular flexibility index (Phi) is 7.97. The van der Waals surface area contributed by atoms with Crippen LogP contribution in [0.15, 0.2) is 30.3 Å². The van der Waals surface area contributed by atoms with Crippen molar-refractivity contribution in [2.45, 2.75) is 13.3 Å². The average molecular weight is 422 g/mol. The minimum atomic E-state index is -0.893. The number of ether oxygens (including phenoxy) is 3. The zero-order chi connectivity index (χ0) is 22.3. The molecular formula is C21H24F2N2O5. The molecule has 2 amide bonds. The fraction of sp³-hybridized carbons (Fsp3) is 0.333. The summed E-state index contributed by atoms with van der Waals surface area (Å²) in [7, 11) is 4.40. The van der Waals surface area contributed by atoms with E-state index in [4.69, 9.17) is 14.2 Å². The van der Waals surface area contributed by atoms with Crippen molar-refractivity contribution in [2.24, 2.45) is 0 Å². The van der Waals surface area contributed by atoms with E-state index in [2.05, 4.69) is 5.32 Å². The van der Waals surface area contributed by atoms with E-state index < -0.39 is 23.2 Å². The number of nitrogens with zero attached hydrogens (tertiary/aromatic N) is 1. The summed E-state index contributed by atoms with van der Waals surface area (Å²) in [6, 6.07) is 6.54. The fourth-order valence-corrected chi connectivity index (χ4v) is 2.87. The Morgan fingerprint density at radius 1 is 1.00 bits per heavy atom. The summed E-state index contributed by atoms with van der Waals surface area (Å²) >= 11 is 0. The number of hydrogen-bond acceptors (Lipinski definition) is 5. The molecule has 0 aliphatic heterocycles. The zero-order valence-electron chi connectivity index (χ0n) is 17.3.